The van der Waals surface area contributed by atoms with Gasteiger partial charge in [0.2, 0.25) is 0 Å². The maximum absolute atomic E-state index is 11.5. The molecular formula is C13H15BrN2O2. The fourth-order valence-corrected chi connectivity index (χ4v) is 2.41. The van der Waals surface area contributed by atoms with E-state index in [0.717, 1.165) is 21.8 Å². The van der Waals surface area contributed by atoms with E-state index in [1.165, 1.54) is 0 Å². The highest BCUT2D eigenvalue weighted by molar-refractivity contribution is 9.10. The number of rotatable bonds is 5. The van der Waals surface area contributed by atoms with Crippen molar-refractivity contribution in [1.82, 2.24) is 9.78 Å². The molecule has 0 N–H and O–H groups in total. The lowest BCUT2D eigenvalue weighted by atomic mass is 10.1. The van der Waals surface area contributed by atoms with Crippen LogP contribution in [0.5, 0.6) is 0 Å². The van der Waals surface area contributed by atoms with Crippen molar-refractivity contribution in [3.63, 3.8) is 0 Å². The van der Waals surface area contributed by atoms with Crippen molar-refractivity contribution in [1.29, 1.82) is 0 Å². The average molecular weight is 311 g/mol. The van der Waals surface area contributed by atoms with E-state index < -0.39 is 0 Å². The van der Waals surface area contributed by atoms with Gasteiger partial charge in [0.25, 0.3) is 0 Å². The number of halogens is 1. The summed E-state index contributed by atoms with van der Waals surface area (Å²) >= 11 is 3.40. The van der Waals surface area contributed by atoms with Gasteiger partial charge >= 0.3 is 0 Å². The third kappa shape index (κ3) is 2.62. The zero-order valence-corrected chi connectivity index (χ0v) is 12.0. The number of nitrogens with zero attached hydrogens (tertiary/aromatic N) is 2. The standard InChI is InChI=1S/C13H15BrN2O2/c1-3-4-18-8-16-13-6-11(9(2)17)12(14)5-10(13)7-15-16/h5-7H,3-4,8H2,1-2H3. The molecule has 0 aliphatic carbocycles. The molecule has 0 atom stereocenters. The Labute approximate surface area is 114 Å². The Morgan fingerprint density at radius 1 is 1.50 bits per heavy atom. The van der Waals surface area contributed by atoms with Gasteiger partial charge < -0.3 is 4.74 Å². The van der Waals surface area contributed by atoms with Crippen LogP contribution in [0.4, 0.5) is 0 Å². The van der Waals surface area contributed by atoms with Crippen LogP contribution < -0.4 is 0 Å². The lowest BCUT2D eigenvalue weighted by molar-refractivity contribution is 0.0723. The number of hydrogen-bond donors (Lipinski definition) is 0. The van der Waals surface area contributed by atoms with Gasteiger partial charge in [-0.05, 0) is 25.5 Å². The van der Waals surface area contributed by atoms with Gasteiger partial charge in [-0.3, -0.25) is 4.79 Å². The van der Waals surface area contributed by atoms with Crippen LogP contribution in [0.25, 0.3) is 10.9 Å². The maximum Gasteiger partial charge on any atom is 0.161 e. The minimum atomic E-state index is 0.0333. The quantitative estimate of drug-likeness (QED) is 0.628. The molecule has 2 rings (SSSR count). The normalized spacial score (nSPS) is 11.1. The summed E-state index contributed by atoms with van der Waals surface area (Å²) in [7, 11) is 0. The molecule has 0 unspecified atom stereocenters. The molecule has 0 fully saturated rings. The number of carbonyl (C=O) groups excluding carboxylic acids is 1. The van der Waals surface area contributed by atoms with Gasteiger partial charge in [0.05, 0.1) is 11.7 Å². The summed E-state index contributed by atoms with van der Waals surface area (Å²) in [4.78, 5) is 11.5. The topological polar surface area (TPSA) is 44.1 Å². The van der Waals surface area contributed by atoms with Gasteiger partial charge in [0, 0.05) is 22.0 Å². The highest BCUT2D eigenvalue weighted by Crippen LogP contribution is 2.24. The molecule has 0 saturated carbocycles. The van der Waals surface area contributed by atoms with E-state index in [-0.39, 0.29) is 5.78 Å². The van der Waals surface area contributed by atoms with Crippen molar-refractivity contribution in [2.45, 2.75) is 27.0 Å². The highest BCUT2D eigenvalue weighted by Gasteiger charge is 2.10. The number of Topliss-reactive ketones (excluding diaryl/α,β-unsaturated/α-hetero) is 1. The fourth-order valence-electron chi connectivity index (χ4n) is 1.77. The van der Waals surface area contributed by atoms with Crippen LogP contribution in [0.2, 0.25) is 0 Å². The first-order valence-electron chi connectivity index (χ1n) is 5.87. The molecular weight excluding hydrogens is 296 g/mol. The molecule has 0 radical (unpaired) electrons. The molecule has 0 aliphatic rings. The molecule has 0 spiro atoms. The predicted octanol–water partition coefficient (Wildman–Crippen LogP) is 3.39. The SMILES string of the molecule is CCCOCn1ncc2cc(Br)c(C(C)=O)cc21. The number of benzene rings is 1. The molecule has 1 heterocycles. The summed E-state index contributed by atoms with van der Waals surface area (Å²) in [6, 6.07) is 3.76. The van der Waals surface area contributed by atoms with Crippen molar-refractivity contribution in [3.05, 3.63) is 28.4 Å². The van der Waals surface area contributed by atoms with Gasteiger partial charge in [-0.25, -0.2) is 4.68 Å². The van der Waals surface area contributed by atoms with Crippen molar-refractivity contribution in [2.75, 3.05) is 6.61 Å². The van der Waals surface area contributed by atoms with E-state index >= 15 is 0 Å². The van der Waals surface area contributed by atoms with Crippen LogP contribution in [0.3, 0.4) is 0 Å². The first-order chi connectivity index (χ1) is 8.63. The number of carbonyl (C=O) groups is 1. The van der Waals surface area contributed by atoms with Crippen molar-refractivity contribution in [2.24, 2.45) is 0 Å². The van der Waals surface area contributed by atoms with Crippen LogP contribution in [0.15, 0.2) is 22.8 Å². The van der Waals surface area contributed by atoms with Crippen LogP contribution in [-0.2, 0) is 11.5 Å². The van der Waals surface area contributed by atoms with Gasteiger partial charge in [-0.2, -0.15) is 5.10 Å². The average Bonchev–Trinajstić information content (AvgIpc) is 2.70. The molecule has 2 aromatic rings. The summed E-state index contributed by atoms with van der Waals surface area (Å²) in [6.45, 7) is 4.74. The molecule has 0 bridgehead atoms. The highest BCUT2D eigenvalue weighted by atomic mass is 79.9. The van der Waals surface area contributed by atoms with Crippen LogP contribution in [-0.4, -0.2) is 22.2 Å². The monoisotopic (exact) mass is 310 g/mol. The molecule has 1 aromatic heterocycles. The van der Waals surface area contributed by atoms with E-state index in [1.807, 2.05) is 12.1 Å². The Bertz CT molecular complexity index is 578. The van der Waals surface area contributed by atoms with Crippen molar-refractivity contribution < 1.29 is 9.53 Å². The molecule has 5 heteroatoms. The Morgan fingerprint density at radius 3 is 2.94 bits per heavy atom. The van der Waals surface area contributed by atoms with Crippen molar-refractivity contribution in [3.8, 4) is 0 Å². The molecule has 0 aliphatic heterocycles. The summed E-state index contributed by atoms with van der Waals surface area (Å²) in [5.74, 6) is 0.0333. The van der Waals surface area contributed by atoms with E-state index in [9.17, 15) is 4.79 Å². The summed E-state index contributed by atoms with van der Waals surface area (Å²) in [6.07, 6.45) is 2.75. The van der Waals surface area contributed by atoms with Crippen LogP contribution >= 0.6 is 15.9 Å². The summed E-state index contributed by atoms with van der Waals surface area (Å²) < 4.78 is 8.04. The summed E-state index contributed by atoms with van der Waals surface area (Å²) in [5, 5.41) is 5.26. The number of fused-ring (bicyclic) bond motifs is 1. The largest absolute Gasteiger partial charge is 0.359 e. The Balaban J connectivity index is 2.38. The second kappa shape index (κ2) is 5.63. The first kappa shape index (κ1) is 13.2. The smallest absolute Gasteiger partial charge is 0.161 e. The molecule has 1 aromatic carbocycles. The van der Waals surface area contributed by atoms with E-state index in [0.29, 0.717) is 18.9 Å². The number of ketones is 1. The van der Waals surface area contributed by atoms with Gasteiger partial charge in [0.15, 0.2) is 5.78 Å². The minimum Gasteiger partial charge on any atom is -0.359 e. The maximum atomic E-state index is 11.5. The zero-order chi connectivity index (χ0) is 13.1. The summed E-state index contributed by atoms with van der Waals surface area (Å²) in [5.41, 5.74) is 1.58. The van der Waals surface area contributed by atoms with E-state index in [2.05, 4.69) is 28.0 Å². The van der Waals surface area contributed by atoms with E-state index in [1.54, 1.807) is 17.8 Å². The van der Waals surface area contributed by atoms with Gasteiger partial charge in [0.1, 0.15) is 6.73 Å². The third-order valence-corrected chi connectivity index (χ3v) is 3.33. The second-order valence-corrected chi connectivity index (χ2v) is 4.98. The van der Waals surface area contributed by atoms with Crippen LogP contribution in [0.1, 0.15) is 30.6 Å². The molecule has 96 valence electrons. The lowest BCUT2D eigenvalue weighted by Gasteiger charge is -2.06. The molecule has 4 nitrogen and oxygen atoms in total. The Morgan fingerprint density at radius 2 is 2.28 bits per heavy atom. The molecule has 0 saturated heterocycles. The number of aromatic nitrogens is 2. The number of ether oxygens (including phenoxy) is 1. The van der Waals surface area contributed by atoms with Crippen molar-refractivity contribution >= 4 is 32.6 Å². The van der Waals surface area contributed by atoms with Crippen LogP contribution in [0, 0.1) is 0 Å². The van der Waals surface area contributed by atoms with Gasteiger partial charge in [-0.15, -0.1) is 0 Å². The Hall–Kier alpha value is -1.20. The predicted molar refractivity (Wildman–Crippen MR) is 73.7 cm³/mol. The van der Waals surface area contributed by atoms with E-state index in [4.69, 9.17) is 4.74 Å². The molecule has 0 amide bonds. The molecule has 18 heavy (non-hydrogen) atoms. The first-order valence-corrected chi connectivity index (χ1v) is 6.66. The zero-order valence-electron chi connectivity index (χ0n) is 10.4. The third-order valence-electron chi connectivity index (χ3n) is 2.67. The Kier molecular flexibility index (Phi) is 4.14. The number of hydrogen-bond acceptors (Lipinski definition) is 3. The lowest BCUT2D eigenvalue weighted by Crippen LogP contribution is -2.05. The minimum absolute atomic E-state index is 0.0333. The second-order valence-electron chi connectivity index (χ2n) is 4.13. The fraction of sp³-hybridized carbons (Fsp3) is 0.385. The van der Waals surface area contributed by atoms with Gasteiger partial charge in [-0.1, -0.05) is 22.9 Å².